The van der Waals surface area contributed by atoms with E-state index in [1.807, 2.05) is 49.8 Å². The van der Waals surface area contributed by atoms with E-state index in [0.717, 1.165) is 48.0 Å². The van der Waals surface area contributed by atoms with E-state index < -0.39 is 0 Å². The number of amides is 1. The van der Waals surface area contributed by atoms with Gasteiger partial charge in [0.1, 0.15) is 12.4 Å². The average molecular weight is 358 g/mol. The van der Waals surface area contributed by atoms with Crippen LogP contribution in [0.25, 0.3) is 0 Å². The standard InChI is InChI=1S/C20H30N4O2/c1-6-24(7-2)12-13-26-18-10-8-17(9-11-18)21-20(25)14-19-15(3)22-23(5)16(19)4/h8-11H,6-7,12-14H2,1-5H3,(H,21,25). The van der Waals surface area contributed by atoms with Crippen LogP contribution in [0.4, 0.5) is 5.69 Å². The number of hydrogen-bond acceptors (Lipinski definition) is 4. The lowest BCUT2D eigenvalue weighted by Gasteiger charge is -2.18. The van der Waals surface area contributed by atoms with Gasteiger partial charge in [-0.25, -0.2) is 0 Å². The molecule has 0 saturated carbocycles. The van der Waals surface area contributed by atoms with E-state index >= 15 is 0 Å². The third kappa shape index (κ3) is 5.33. The molecule has 0 unspecified atom stereocenters. The Morgan fingerprint density at radius 3 is 2.38 bits per heavy atom. The van der Waals surface area contributed by atoms with Crippen molar-refractivity contribution in [3.63, 3.8) is 0 Å². The number of aryl methyl sites for hydroxylation is 2. The van der Waals surface area contributed by atoms with E-state index in [4.69, 9.17) is 4.74 Å². The Labute approximate surface area is 156 Å². The van der Waals surface area contributed by atoms with Crippen LogP contribution in [0.15, 0.2) is 24.3 Å². The average Bonchev–Trinajstić information content (AvgIpc) is 2.86. The number of likely N-dealkylation sites (N-methyl/N-ethyl adjacent to an activating group) is 1. The lowest BCUT2D eigenvalue weighted by molar-refractivity contribution is -0.115. The largest absolute Gasteiger partial charge is 0.492 e. The van der Waals surface area contributed by atoms with Gasteiger partial charge in [-0.1, -0.05) is 13.8 Å². The van der Waals surface area contributed by atoms with Gasteiger partial charge in [-0.3, -0.25) is 9.48 Å². The summed E-state index contributed by atoms with van der Waals surface area (Å²) in [4.78, 5) is 14.6. The minimum Gasteiger partial charge on any atom is -0.492 e. The first kappa shape index (κ1) is 20.0. The molecule has 0 aliphatic rings. The van der Waals surface area contributed by atoms with Gasteiger partial charge in [0.05, 0.1) is 12.1 Å². The predicted molar refractivity (Wildman–Crippen MR) is 105 cm³/mol. The van der Waals surface area contributed by atoms with Crippen molar-refractivity contribution < 1.29 is 9.53 Å². The number of benzene rings is 1. The molecule has 0 saturated heterocycles. The molecule has 1 amide bonds. The molecule has 1 aromatic heterocycles. The molecule has 0 atom stereocenters. The first-order chi connectivity index (χ1) is 12.4. The number of nitrogens with one attached hydrogen (secondary N) is 1. The molecule has 26 heavy (non-hydrogen) atoms. The zero-order valence-corrected chi connectivity index (χ0v) is 16.5. The third-order valence-corrected chi connectivity index (χ3v) is 4.70. The lowest BCUT2D eigenvalue weighted by atomic mass is 10.1. The van der Waals surface area contributed by atoms with Crippen LogP contribution in [0.1, 0.15) is 30.8 Å². The van der Waals surface area contributed by atoms with Gasteiger partial charge in [0, 0.05) is 30.5 Å². The summed E-state index contributed by atoms with van der Waals surface area (Å²) in [7, 11) is 1.89. The molecule has 0 spiro atoms. The second-order valence-corrected chi connectivity index (χ2v) is 6.40. The summed E-state index contributed by atoms with van der Waals surface area (Å²) >= 11 is 0. The van der Waals surface area contributed by atoms with E-state index in [0.29, 0.717) is 13.0 Å². The van der Waals surface area contributed by atoms with Crippen molar-refractivity contribution in [2.75, 3.05) is 31.6 Å². The first-order valence-corrected chi connectivity index (χ1v) is 9.18. The Kier molecular flexibility index (Phi) is 7.21. The highest BCUT2D eigenvalue weighted by atomic mass is 16.5. The molecule has 142 valence electrons. The van der Waals surface area contributed by atoms with E-state index in [9.17, 15) is 4.79 Å². The molecule has 0 fully saturated rings. The number of ether oxygens (including phenoxy) is 1. The molecule has 6 nitrogen and oxygen atoms in total. The number of hydrogen-bond donors (Lipinski definition) is 1. The molecule has 1 aromatic carbocycles. The summed E-state index contributed by atoms with van der Waals surface area (Å²) in [6.45, 7) is 11.8. The molecule has 2 aromatic rings. The number of aromatic nitrogens is 2. The quantitative estimate of drug-likeness (QED) is 0.749. The zero-order valence-electron chi connectivity index (χ0n) is 16.5. The topological polar surface area (TPSA) is 59.4 Å². The maximum atomic E-state index is 12.3. The molecule has 0 bridgehead atoms. The van der Waals surface area contributed by atoms with Crippen molar-refractivity contribution >= 4 is 11.6 Å². The van der Waals surface area contributed by atoms with Gasteiger partial charge >= 0.3 is 0 Å². The van der Waals surface area contributed by atoms with Crippen molar-refractivity contribution in [1.82, 2.24) is 14.7 Å². The van der Waals surface area contributed by atoms with E-state index in [1.54, 1.807) is 0 Å². The van der Waals surface area contributed by atoms with Crippen LogP contribution < -0.4 is 10.1 Å². The maximum absolute atomic E-state index is 12.3. The van der Waals surface area contributed by atoms with Gasteiger partial charge in [-0.05, 0) is 51.2 Å². The van der Waals surface area contributed by atoms with E-state index in [2.05, 4.69) is 29.2 Å². The summed E-state index contributed by atoms with van der Waals surface area (Å²) < 4.78 is 7.57. The van der Waals surface area contributed by atoms with Crippen molar-refractivity contribution in [3.05, 3.63) is 41.2 Å². The number of carbonyl (C=O) groups excluding carboxylic acids is 1. The molecule has 1 heterocycles. The van der Waals surface area contributed by atoms with Crippen molar-refractivity contribution in [2.45, 2.75) is 34.1 Å². The number of carbonyl (C=O) groups is 1. The smallest absolute Gasteiger partial charge is 0.228 e. The highest BCUT2D eigenvalue weighted by molar-refractivity contribution is 5.92. The van der Waals surface area contributed by atoms with Gasteiger partial charge in [0.25, 0.3) is 0 Å². The van der Waals surface area contributed by atoms with Crippen LogP contribution in [-0.2, 0) is 18.3 Å². The van der Waals surface area contributed by atoms with Crippen molar-refractivity contribution in [2.24, 2.45) is 7.05 Å². The molecule has 6 heteroatoms. The van der Waals surface area contributed by atoms with E-state index in [1.165, 1.54) is 0 Å². The second kappa shape index (κ2) is 9.38. The summed E-state index contributed by atoms with van der Waals surface area (Å²) in [5.74, 6) is 0.772. The number of nitrogens with zero attached hydrogens (tertiary/aromatic N) is 3. The Morgan fingerprint density at radius 1 is 1.19 bits per heavy atom. The van der Waals surface area contributed by atoms with Crippen LogP contribution in [0, 0.1) is 13.8 Å². The highest BCUT2D eigenvalue weighted by Crippen LogP contribution is 2.17. The minimum atomic E-state index is -0.0422. The van der Waals surface area contributed by atoms with Crippen LogP contribution in [0.2, 0.25) is 0 Å². The molecule has 2 rings (SSSR count). The molecule has 0 aliphatic carbocycles. The Balaban J connectivity index is 1.85. The maximum Gasteiger partial charge on any atom is 0.228 e. The molecule has 0 radical (unpaired) electrons. The number of rotatable bonds is 9. The van der Waals surface area contributed by atoms with Crippen LogP contribution >= 0.6 is 0 Å². The number of anilines is 1. The summed E-state index contributed by atoms with van der Waals surface area (Å²) in [5.41, 5.74) is 3.68. The molecular formula is C20H30N4O2. The van der Waals surface area contributed by atoms with Gasteiger partial charge in [0.2, 0.25) is 5.91 Å². The Hall–Kier alpha value is -2.34. The fourth-order valence-corrected chi connectivity index (χ4v) is 2.91. The van der Waals surface area contributed by atoms with Gasteiger partial charge in [-0.2, -0.15) is 5.10 Å². The van der Waals surface area contributed by atoms with Gasteiger partial charge in [-0.15, -0.1) is 0 Å². The molecular weight excluding hydrogens is 328 g/mol. The SMILES string of the molecule is CCN(CC)CCOc1ccc(NC(=O)Cc2c(C)nn(C)c2C)cc1. The van der Waals surface area contributed by atoms with Gasteiger partial charge in [0.15, 0.2) is 0 Å². The minimum absolute atomic E-state index is 0.0422. The third-order valence-electron chi connectivity index (χ3n) is 4.70. The van der Waals surface area contributed by atoms with Crippen LogP contribution in [0.3, 0.4) is 0 Å². The Bertz CT molecular complexity index is 718. The fourth-order valence-electron chi connectivity index (χ4n) is 2.91. The normalized spacial score (nSPS) is 11.0. The monoisotopic (exact) mass is 358 g/mol. The molecule has 0 aliphatic heterocycles. The summed E-state index contributed by atoms with van der Waals surface area (Å²) in [5, 5.41) is 7.29. The second-order valence-electron chi connectivity index (χ2n) is 6.40. The Morgan fingerprint density at radius 2 is 1.85 bits per heavy atom. The highest BCUT2D eigenvalue weighted by Gasteiger charge is 2.13. The lowest BCUT2D eigenvalue weighted by Crippen LogP contribution is -2.27. The molecule has 1 N–H and O–H groups in total. The van der Waals surface area contributed by atoms with Gasteiger partial charge < -0.3 is 15.0 Å². The fraction of sp³-hybridized carbons (Fsp3) is 0.500. The van der Waals surface area contributed by atoms with E-state index in [-0.39, 0.29) is 5.91 Å². The van der Waals surface area contributed by atoms with Crippen LogP contribution in [0.5, 0.6) is 5.75 Å². The summed E-state index contributed by atoms with van der Waals surface area (Å²) in [6, 6.07) is 7.51. The zero-order chi connectivity index (χ0) is 19.1. The first-order valence-electron chi connectivity index (χ1n) is 9.18. The van der Waals surface area contributed by atoms with Crippen molar-refractivity contribution in [1.29, 1.82) is 0 Å². The predicted octanol–water partition coefficient (Wildman–Crippen LogP) is 2.94. The van der Waals surface area contributed by atoms with Crippen molar-refractivity contribution in [3.8, 4) is 5.75 Å². The summed E-state index contributed by atoms with van der Waals surface area (Å²) in [6.07, 6.45) is 0.327. The van der Waals surface area contributed by atoms with Crippen LogP contribution in [-0.4, -0.2) is 46.8 Å².